The molecule has 0 spiro atoms. The molecular formula is C11H13I3N. The summed E-state index contributed by atoms with van der Waals surface area (Å²) in [6.45, 7) is 3.28. The van der Waals surface area contributed by atoms with E-state index < -0.39 is 0 Å². The standard InChI is InChI=1S/C11H13I3N/c1-2-3-4-7-15-9-6-5-8(12)10(13)11(9)14/h5,15H,2-4,7H2,1H3. The van der Waals surface area contributed by atoms with Crippen molar-refractivity contribution in [1.29, 1.82) is 0 Å². The average Bonchev–Trinajstić information content (AvgIpc) is 2.24. The van der Waals surface area contributed by atoms with Crippen LogP contribution in [0.5, 0.6) is 0 Å². The molecule has 0 bridgehead atoms. The zero-order valence-electron chi connectivity index (χ0n) is 8.54. The van der Waals surface area contributed by atoms with E-state index in [1.165, 1.54) is 30.0 Å². The Morgan fingerprint density at radius 1 is 1.20 bits per heavy atom. The number of rotatable bonds is 5. The van der Waals surface area contributed by atoms with E-state index in [1.807, 2.05) is 6.07 Å². The largest absolute Gasteiger partial charge is 0.384 e. The van der Waals surface area contributed by atoms with Crippen LogP contribution in [0, 0.1) is 16.8 Å². The first-order valence-electron chi connectivity index (χ1n) is 4.95. The van der Waals surface area contributed by atoms with Crippen LogP contribution in [0.1, 0.15) is 26.2 Å². The smallest absolute Gasteiger partial charge is 0.0567 e. The highest BCUT2D eigenvalue weighted by atomic mass is 127. The van der Waals surface area contributed by atoms with Crippen molar-refractivity contribution in [3.63, 3.8) is 0 Å². The van der Waals surface area contributed by atoms with Crippen LogP contribution in [-0.2, 0) is 0 Å². The van der Waals surface area contributed by atoms with Gasteiger partial charge in [0.25, 0.3) is 0 Å². The zero-order chi connectivity index (χ0) is 11.3. The van der Waals surface area contributed by atoms with Gasteiger partial charge in [-0.3, -0.25) is 0 Å². The Morgan fingerprint density at radius 3 is 2.60 bits per heavy atom. The Bertz CT molecular complexity index is 326. The molecule has 15 heavy (non-hydrogen) atoms. The highest BCUT2D eigenvalue weighted by Crippen LogP contribution is 2.27. The van der Waals surface area contributed by atoms with Crippen LogP contribution < -0.4 is 5.32 Å². The molecule has 0 amide bonds. The summed E-state index contributed by atoms with van der Waals surface area (Å²) in [6, 6.07) is 5.34. The summed E-state index contributed by atoms with van der Waals surface area (Å²) in [6.07, 6.45) is 3.81. The number of halogens is 3. The molecule has 0 fully saturated rings. The van der Waals surface area contributed by atoms with Gasteiger partial charge in [-0.15, -0.1) is 0 Å². The second-order valence-corrected chi connectivity index (χ2v) is 6.59. The molecule has 0 saturated heterocycles. The predicted molar refractivity (Wildman–Crippen MR) is 91.4 cm³/mol. The van der Waals surface area contributed by atoms with E-state index in [9.17, 15) is 0 Å². The molecule has 1 rings (SSSR count). The van der Waals surface area contributed by atoms with Gasteiger partial charge in [0.1, 0.15) is 0 Å². The van der Waals surface area contributed by atoms with E-state index in [-0.39, 0.29) is 0 Å². The molecule has 0 aliphatic rings. The van der Waals surface area contributed by atoms with Crippen molar-refractivity contribution < 1.29 is 0 Å². The number of benzene rings is 1. The molecule has 0 aliphatic heterocycles. The molecule has 1 radical (unpaired) electrons. The maximum atomic E-state index is 3.44. The lowest BCUT2D eigenvalue weighted by Gasteiger charge is -2.10. The topological polar surface area (TPSA) is 12.0 Å². The van der Waals surface area contributed by atoms with Gasteiger partial charge in [0.2, 0.25) is 0 Å². The van der Waals surface area contributed by atoms with Crippen LogP contribution in [0.15, 0.2) is 6.07 Å². The molecule has 1 aromatic rings. The van der Waals surface area contributed by atoms with Gasteiger partial charge in [-0.1, -0.05) is 19.8 Å². The summed E-state index contributed by atoms with van der Waals surface area (Å²) >= 11 is 7.12. The SMILES string of the molecule is CCCCCNc1[c]cc(I)c(I)c1I. The van der Waals surface area contributed by atoms with Crippen LogP contribution in [0.4, 0.5) is 5.69 Å². The number of anilines is 1. The Labute approximate surface area is 133 Å². The lowest BCUT2D eigenvalue weighted by molar-refractivity contribution is 0.743. The zero-order valence-corrected chi connectivity index (χ0v) is 15.0. The van der Waals surface area contributed by atoms with Crippen molar-refractivity contribution >= 4 is 73.5 Å². The third-order valence-electron chi connectivity index (χ3n) is 2.05. The van der Waals surface area contributed by atoms with Crippen molar-refractivity contribution in [2.45, 2.75) is 26.2 Å². The fourth-order valence-corrected chi connectivity index (χ4v) is 3.20. The quantitative estimate of drug-likeness (QED) is 0.319. The summed E-state index contributed by atoms with van der Waals surface area (Å²) in [7, 11) is 0. The van der Waals surface area contributed by atoms with Crippen LogP contribution in [-0.4, -0.2) is 6.54 Å². The highest BCUT2D eigenvalue weighted by molar-refractivity contribution is 14.1. The molecule has 1 aromatic carbocycles. The second kappa shape index (κ2) is 7.52. The molecule has 0 unspecified atom stereocenters. The van der Waals surface area contributed by atoms with E-state index in [2.05, 4.69) is 86.1 Å². The lowest BCUT2D eigenvalue weighted by Crippen LogP contribution is -2.04. The van der Waals surface area contributed by atoms with E-state index in [4.69, 9.17) is 0 Å². The Hall–Kier alpha value is 1.21. The summed E-state index contributed by atoms with van der Waals surface area (Å²) in [4.78, 5) is 0. The maximum Gasteiger partial charge on any atom is 0.0567 e. The van der Waals surface area contributed by atoms with Gasteiger partial charge in [0, 0.05) is 19.8 Å². The van der Waals surface area contributed by atoms with Crippen molar-refractivity contribution in [1.82, 2.24) is 0 Å². The third kappa shape index (κ3) is 4.53. The van der Waals surface area contributed by atoms with Gasteiger partial charge in [-0.05, 0) is 80.3 Å². The van der Waals surface area contributed by atoms with E-state index >= 15 is 0 Å². The molecule has 0 aromatic heterocycles. The molecule has 0 atom stereocenters. The van der Waals surface area contributed by atoms with Gasteiger partial charge in [-0.25, -0.2) is 0 Å². The van der Waals surface area contributed by atoms with Gasteiger partial charge >= 0.3 is 0 Å². The van der Waals surface area contributed by atoms with Gasteiger partial charge in [0.15, 0.2) is 0 Å². The predicted octanol–water partition coefficient (Wildman–Crippen LogP) is 4.90. The minimum Gasteiger partial charge on any atom is -0.384 e. The van der Waals surface area contributed by atoms with Crippen LogP contribution >= 0.6 is 67.8 Å². The molecule has 83 valence electrons. The highest BCUT2D eigenvalue weighted by Gasteiger charge is 2.06. The summed E-state index contributed by atoms with van der Waals surface area (Å²) < 4.78 is 3.89. The summed E-state index contributed by atoms with van der Waals surface area (Å²) in [5, 5.41) is 3.44. The van der Waals surface area contributed by atoms with Crippen molar-refractivity contribution in [3.8, 4) is 0 Å². The minimum absolute atomic E-state index is 1.05. The van der Waals surface area contributed by atoms with Crippen molar-refractivity contribution in [2.24, 2.45) is 0 Å². The Balaban J connectivity index is 2.58. The fourth-order valence-electron chi connectivity index (χ4n) is 1.19. The van der Waals surface area contributed by atoms with Crippen LogP contribution in [0.25, 0.3) is 0 Å². The van der Waals surface area contributed by atoms with Crippen molar-refractivity contribution in [3.05, 3.63) is 22.8 Å². The third-order valence-corrected chi connectivity index (χ3v) is 7.16. The Morgan fingerprint density at radius 2 is 1.93 bits per heavy atom. The Kier molecular flexibility index (Phi) is 7.15. The molecule has 1 N–H and O–H groups in total. The number of hydrogen-bond donors (Lipinski definition) is 1. The van der Waals surface area contributed by atoms with E-state index in [0.717, 1.165) is 12.2 Å². The molecule has 0 aliphatic carbocycles. The van der Waals surface area contributed by atoms with Gasteiger partial charge in [-0.2, -0.15) is 0 Å². The monoisotopic (exact) mass is 540 g/mol. The molecule has 4 heteroatoms. The van der Waals surface area contributed by atoms with Crippen LogP contribution in [0.3, 0.4) is 0 Å². The number of hydrogen-bond acceptors (Lipinski definition) is 1. The molecule has 0 saturated carbocycles. The van der Waals surface area contributed by atoms with Crippen molar-refractivity contribution in [2.75, 3.05) is 11.9 Å². The fraction of sp³-hybridized carbons (Fsp3) is 0.455. The minimum atomic E-state index is 1.05. The lowest BCUT2D eigenvalue weighted by atomic mass is 10.2. The summed E-state index contributed by atoms with van der Waals surface area (Å²) in [5.74, 6) is 0. The first kappa shape index (κ1) is 14.3. The molecular weight excluding hydrogens is 527 g/mol. The first-order valence-corrected chi connectivity index (χ1v) is 8.19. The molecule has 1 nitrogen and oxygen atoms in total. The second-order valence-electron chi connectivity index (χ2n) is 3.27. The van der Waals surface area contributed by atoms with E-state index in [0.29, 0.717) is 0 Å². The normalized spacial score (nSPS) is 10.4. The maximum absolute atomic E-state index is 3.44. The average molecular weight is 540 g/mol. The molecule has 0 heterocycles. The number of nitrogens with one attached hydrogen (secondary N) is 1. The number of unbranched alkanes of at least 4 members (excludes halogenated alkanes) is 2. The van der Waals surface area contributed by atoms with Crippen LogP contribution in [0.2, 0.25) is 0 Å². The first-order chi connectivity index (χ1) is 7.16. The van der Waals surface area contributed by atoms with Gasteiger partial charge in [0.05, 0.1) is 9.26 Å². The summed E-state index contributed by atoms with van der Waals surface area (Å²) in [5.41, 5.74) is 1.15. The van der Waals surface area contributed by atoms with Gasteiger partial charge < -0.3 is 5.32 Å². The van der Waals surface area contributed by atoms with E-state index in [1.54, 1.807) is 0 Å².